The maximum Gasteiger partial charge on any atom is 0.163 e. The molecule has 1 saturated heterocycles. The minimum Gasteiger partial charge on any atom is -0.486 e. The molecule has 0 aliphatic carbocycles. The second-order valence-electron chi connectivity index (χ2n) is 0.970. The molecule has 1 heterocycles. The van der Waals surface area contributed by atoms with Crippen LogP contribution in [0.4, 0.5) is 0 Å². The highest BCUT2D eigenvalue weighted by molar-refractivity contribution is 7.80. The zero-order chi connectivity index (χ0) is 3.70. The van der Waals surface area contributed by atoms with Crippen LogP contribution < -0.4 is 0 Å². The van der Waals surface area contributed by atoms with Gasteiger partial charge in [0.15, 0.2) is 5.05 Å². The Hall–Kier alpha value is -0.110. The lowest BCUT2D eigenvalue weighted by Crippen LogP contribution is -2.16. The van der Waals surface area contributed by atoms with Gasteiger partial charge in [-0.2, -0.15) is 0 Å². The normalized spacial score (nSPS) is 20.4. The molecule has 0 saturated carbocycles. The fourth-order valence-corrected chi connectivity index (χ4v) is 0.352. The molecule has 5 heavy (non-hydrogen) atoms. The van der Waals surface area contributed by atoms with E-state index in [9.17, 15) is 0 Å². The van der Waals surface area contributed by atoms with E-state index >= 15 is 0 Å². The molecule has 0 bridgehead atoms. The Morgan fingerprint density at radius 2 is 2.20 bits per heavy atom. The van der Waals surface area contributed by atoms with Crippen molar-refractivity contribution in [3.05, 3.63) is 0 Å². The van der Waals surface area contributed by atoms with E-state index in [2.05, 4.69) is 17.0 Å². The van der Waals surface area contributed by atoms with Gasteiger partial charge in [0, 0.05) is 0 Å². The van der Waals surface area contributed by atoms with Gasteiger partial charge < -0.3 is 4.74 Å². The SMILES string of the molecule is S=C1CCO1. The zero-order valence-corrected chi connectivity index (χ0v) is 3.55. The Morgan fingerprint density at radius 3 is 2.20 bits per heavy atom. The Bertz CT molecular complexity index is 53.9. The molecule has 0 aromatic rings. The summed E-state index contributed by atoms with van der Waals surface area (Å²) >= 11 is 4.56. The first-order valence-corrected chi connectivity index (χ1v) is 1.96. The van der Waals surface area contributed by atoms with Crippen molar-refractivity contribution < 1.29 is 4.74 Å². The molecular formula is C3H4OS. The molecule has 0 N–H and O–H groups in total. The van der Waals surface area contributed by atoms with E-state index in [1.165, 1.54) is 0 Å². The largest absolute Gasteiger partial charge is 0.486 e. The molecule has 0 atom stereocenters. The summed E-state index contributed by atoms with van der Waals surface area (Å²) in [5.74, 6) is 0. The fraction of sp³-hybridized carbons (Fsp3) is 0.667. The highest BCUT2D eigenvalue weighted by Crippen LogP contribution is 2.00. The topological polar surface area (TPSA) is 9.23 Å². The summed E-state index contributed by atoms with van der Waals surface area (Å²) in [5.41, 5.74) is 0. The van der Waals surface area contributed by atoms with Crippen LogP contribution in [0.5, 0.6) is 0 Å². The molecule has 0 radical (unpaired) electrons. The Kier molecular flexibility index (Phi) is 0.580. The van der Waals surface area contributed by atoms with Crippen LogP contribution in [0.15, 0.2) is 0 Å². The summed E-state index contributed by atoms with van der Waals surface area (Å²) in [5, 5.41) is 0.769. The van der Waals surface area contributed by atoms with Gasteiger partial charge in [-0.05, 0) is 12.2 Å². The van der Waals surface area contributed by atoms with Crippen molar-refractivity contribution in [3.63, 3.8) is 0 Å². The lowest BCUT2D eigenvalue weighted by molar-refractivity contribution is 0.246. The maximum atomic E-state index is 4.66. The van der Waals surface area contributed by atoms with Crippen LogP contribution in [0.3, 0.4) is 0 Å². The number of ether oxygens (including phenoxy) is 1. The third-order valence-corrected chi connectivity index (χ3v) is 0.891. The minimum absolute atomic E-state index is 0.769. The molecule has 0 aromatic carbocycles. The quantitative estimate of drug-likeness (QED) is 0.404. The number of hydrogen-bond donors (Lipinski definition) is 0. The molecule has 1 aliphatic heterocycles. The maximum absolute atomic E-state index is 4.66. The fourth-order valence-electron chi connectivity index (χ4n) is 0.185. The molecule has 0 spiro atoms. The molecule has 0 aromatic heterocycles. The molecule has 1 rings (SSSR count). The minimum atomic E-state index is 0.769. The predicted octanol–water partition coefficient (Wildman–Crippen LogP) is 0.734. The first-order valence-electron chi connectivity index (χ1n) is 1.55. The van der Waals surface area contributed by atoms with Gasteiger partial charge in [-0.25, -0.2) is 0 Å². The van der Waals surface area contributed by atoms with Gasteiger partial charge in [-0.1, -0.05) is 0 Å². The zero-order valence-electron chi connectivity index (χ0n) is 2.73. The monoisotopic (exact) mass is 88.0 g/mol. The van der Waals surface area contributed by atoms with E-state index in [1.54, 1.807) is 0 Å². The van der Waals surface area contributed by atoms with Gasteiger partial charge in [0.1, 0.15) is 0 Å². The lowest BCUT2D eigenvalue weighted by atomic mass is 10.4. The van der Waals surface area contributed by atoms with Gasteiger partial charge in [-0.15, -0.1) is 0 Å². The van der Waals surface area contributed by atoms with Crippen molar-refractivity contribution in [2.75, 3.05) is 6.61 Å². The van der Waals surface area contributed by atoms with Gasteiger partial charge in [0.25, 0.3) is 0 Å². The van der Waals surface area contributed by atoms with Gasteiger partial charge in [0.2, 0.25) is 0 Å². The van der Waals surface area contributed by atoms with Crippen LogP contribution in [0.25, 0.3) is 0 Å². The van der Waals surface area contributed by atoms with Crippen molar-refractivity contribution in [1.29, 1.82) is 0 Å². The van der Waals surface area contributed by atoms with E-state index in [0.29, 0.717) is 0 Å². The standard InChI is InChI=1S/C3H4OS/c5-3-1-2-4-3/h1-2H2. The van der Waals surface area contributed by atoms with Crippen LogP contribution in [0.2, 0.25) is 0 Å². The Balaban J connectivity index is 2.32. The van der Waals surface area contributed by atoms with Crippen molar-refractivity contribution >= 4 is 17.3 Å². The highest BCUT2D eigenvalue weighted by Gasteiger charge is 2.05. The summed E-state index contributed by atoms with van der Waals surface area (Å²) in [6.45, 7) is 0.846. The van der Waals surface area contributed by atoms with Gasteiger partial charge >= 0.3 is 0 Å². The van der Waals surface area contributed by atoms with Crippen molar-refractivity contribution in [1.82, 2.24) is 0 Å². The Morgan fingerprint density at radius 1 is 1.80 bits per heavy atom. The third-order valence-electron chi connectivity index (χ3n) is 0.569. The van der Waals surface area contributed by atoms with Crippen LogP contribution in [0, 0.1) is 0 Å². The second-order valence-corrected chi connectivity index (χ2v) is 1.43. The number of hydrogen-bond acceptors (Lipinski definition) is 2. The van der Waals surface area contributed by atoms with E-state index in [4.69, 9.17) is 0 Å². The first-order chi connectivity index (χ1) is 2.39. The van der Waals surface area contributed by atoms with Crippen molar-refractivity contribution in [3.8, 4) is 0 Å². The predicted molar refractivity (Wildman–Crippen MR) is 23.2 cm³/mol. The number of thiocarbonyl (C=S) groups is 1. The molecule has 28 valence electrons. The smallest absolute Gasteiger partial charge is 0.163 e. The van der Waals surface area contributed by atoms with Gasteiger partial charge in [-0.3, -0.25) is 0 Å². The van der Waals surface area contributed by atoms with Crippen LogP contribution in [-0.4, -0.2) is 11.7 Å². The summed E-state index contributed by atoms with van der Waals surface area (Å²) in [6.07, 6.45) is 0.995. The average molecular weight is 88.1 g/mol. The second kappa shape index (κ2) is 0.937. The lowest BCUT2D eigenvalue weighted by Gasteiger charge is -2.13. The molecule has 1 aliphatic rings. The van der Waals surface area contributed by atoms with E-state index in [0.717, 1.165) is 18.1 Å². The summed E-state index contributed by atoms with van der Waals surface area (Å²) in [7, 11) is 0. The Labute approximate surface area is 35.9 Å². The van der Waals surface area contributed by atoms with Crippen LogP contribution >= 0.6 is 12.2 Å². The molecular weight excluding hydrogens is 84.1 g/mol. The molecule has 0 unspecified atom stereocenters. The van der Waals surface area contributed by atoms with E-state index < -0.39 is 0 Å². The van der Waals surface area contributed by atoms with Crippen LogP contribution in [-0.2, 0) is 4.74 Å². The van der Waals surface area contributed by atoms with Gasteiger partial charge in [0.05, 0.1) is 13.0 Å². The average Bonchev–Trinajstić information content (AvgIpc) is 1.30. The molecule has 2 heteroatoms. The van der Waals surface area contributed by atoms with Crippen molar-refractivity contribution in [2.24, 2.45) is 0 Å². The summed E-state index contributed by atoms with van der Waals surface area (Å²) < 4.78 is 4.66. The molecule has 1 nitrogen and oxygen atoms in total. The summed E-state index contributed by atoms with van der Waals surface area (Å²) in [6, 6.07) is 0. The summed E-state index contributed by atoms with van der Waals surface area (Å²) in [4.78, 5) is 0. The van der Waals surface area contributed by atoms with E-state index in [-0.39, 0.29) is 0 Å². The highest BCUT2D eigenvalue weighted by atomic mass is 32.1. The number of rotatable bonds is 0. The third kappa shape index (κ3) is 0.401. The van der Waals surface area contributed by atoms with E-state index in [1.807, 2.05) is 0 Å². The molecule has 0 amide bonds. The first kappa shape index (κ1) is 3.09. The van der Waals surface area contributed by atoms with Crippen molar-refractivity contribution in [2.45, 2.75) is 6.42 Å². The molecule has 1 fully saturated rings. The van der Waals surface area contributed by atoms with Crippen LogP contribution in [0.1, 0.15) is 6.42 Å².